The molecule has 0 unspecified atom stereocenters. The van der Waals surface area contributed by atoms with Gasteiger partial charge in [-0.05, 0) is 18.2 Å². The molecule has 0 saturated heterocycles. The number of amides is 3. The SMILES string of the molecule is COc1ccccc1CNC(=O)NNC(=O)c1ccccc1. The molecule has 6 nitrogen and oxygen atoms in total. The van der Waals surface area contributed by atoms with E-state index in [9.17, 15) is 9.59 Å². The number of hydrogen-bond acceptors (Lipinski definition) is 3. The van der Waals surface area contributed by atoms with E-state index in [1.54, 1.807) is 31.4 Å². The fourth-order valence-electron chi connectivity index (χ4n) is 1.84. The predicted molar refractivity (Wildman–Crippen MR) is 82.3 cm³/mol. The Hall–Kier alpha value is -3.02. The quantitative estimate of drug-likeness (QED) is 0.754. The number of hydrogen-bond donors (Lipinski definition) is 3. The second-order valence-corrected chi connectivity index (χ2v) is 4.44. The Morgan fingerprint density at radius 1 is 0.955 bits per heavy atom. The van der Waals surface area contributed by atoms with Gasteiger partial charge in [-0.15, -0.1) is 0 Å². The van der Waals surface area contributed by atoms with Crippen molar-refractivity contribution >= 4 is 11.9 Å². The van der Waals surface area contributed by atoms with Gasteiger partial charge in [0.2, 0.25) is 0 Å². The van der Waals surface area contributed by atoms with Crippen LogP contribution in [0.1, 0.15) is 15.9 Å². The van der Waals surface area contributed by atoms with Gasteiger partial charge in [0.05, 0.1) is 7.11 Å². The molecule has 114 valence electrons. The van der Waals surface area contributed by atoms with Crippen LogP contribution in [-0.2, 0) is 6.54 Å². The molecule has 0 spiro atoms. The van der Waals surface area contributed by atoms with Crippen LogP contribution in [0.4, 0.5) is 4.79 Å². The number of ether oxygens (including phenoxy) is 1. The first-order valence-electron chi connectivity index (χ1n) is 6.72. The van der Waals surface area contributed by atoms with E-state index < -0.39 is 6.03 Å². The van der Waals surface area contributed by atoms with Crippen molar-refractivity contribution in [2.75, 3.05) is 7.11 Å². The van der Waals surface area contributed by atoms with Crippen molar-refractivity contribution in [1.82, 2.24) is 16.2 Å². The van der Waals surface area contributed by atoms with Gasteiger partial charge in [-0.1, -0.05) is 36.4 Å². The maximum atomic E-state index is 11.8. The maximum Gasteiger partial charge on any atom is 0.333 e. The number of urea groups is 1. The van der Waals surface area contributed by atoms with Gasteiger partial charge in [0.25, 0.3) is 5.91 Å². The zero-order chi connectivity index (χ0) is 15.8. The molecule has 2 rings (SSSR count). The van der Waals surface area contributed by atoms with Crippen molar-refractivity contribution in [3.63, 3.8) is 0 Å². The van der Waals surface area contributed by atoms with Crippen molar-refractivity contribution in [2.45, 2.75) is 6.54 Å². The number of hydrazine groups is 1. The normalized spacial score (nSPS) is 9.68. The molecular weight excluding hydrogens is 282 g/mol. The van der Waals surface area contributed by atoms with E-state index in [4.69, 9.17) is 4.74 Å². The lowest BCUT2D eigenvalue weighted by atomic mass is 10.2. The highest BCUT2D eigenvalue weighted by molar-refractivity contribution is 5.95. The molecule has 3 amide bonds. The average Bonchev–Trinajstić information content (AvgIpc) is 2.58. The van der Waals surface area contributed by atoms with Crippen molar-refractivity contribution in [3.8, 4) is 5.75 Å². The largest absolute Gasteiger partial charge is 0.496 e. The minimum absolute atomic E-state index is 0.289. The predicted octanol–water partition coefficient (Wildman–Crippen LogP) is 1.84. The van der Waals surface area contributed by atoms with Gasteiger partial charge in [-0.2, -0.15) is 0 Å². The fourth-order valence-corrected chi connectivity index (χ4v) is 1.84. The van der Waals surface area contributed by atoms with Gasteiger partial charge in [-0.25, -0.2) is 10.2 Å². The summed E-state index contributed by atoms with van der Waals surface area (Å²) in [4.78, 5) is 23.4. The summed E-state index contributed by atoms with van der Waals surface area (Å²) in [6, 6.07) is 15.5. The standard InChI is InChI=1S/C16H17N3O3/c1-22-14-10-6-5-9-13(14)11-17-16(21)19-18-15(20)12-7-3-2-4-8-12/h2-10H,11H2,1H3,(H,18,20)(H2,17,19,21). The van der Waals surface area contributed by atoms with Crippen molar-refractivity contribution in [3.05, 3.63) is 65.7 Å². The Morgan fingerprint density at radius 2 is 1.64 bits per heavy atom. The lowest BCUT2D eigenvalue weighted by Crippen LogP contribution is -2.46. The Labute approximate surface area is 128 Å². The Morgan fingerprint density at radius 3 is 2.36 bits per heavy atom. The zero-order valence-electron chi connectivity index (χ0n) is 12.1. The highest BCUT2D eigenvalue weighted by Crippen LogP contribution is 2.16. The van der Waals surface area contributed by atoms with Crippen LogP contribution in [0.15, 0.2) is 54.6 Å². The van der Waals surface area contributed by atoms with Crippen LogP contribution in [0.3, 0.4) is 0 Å². The molecule has 0 aliphatic rings. The van der Waals surface area contributed by atoms with Gasteiger partial charge in [0, 0.05) is 17.7 Å². The van der Waals surface area contributed by atoms with Crippen LogP contribution in [0.25, 0.3) is 0 Å². The molecule has 0 aromatic heterocycles. The first kappa shape index (κ1) is 15.4. The lowest BCUT2D eigenvalue weighted by Gasteiger charge is -2.11. The maximum absolute atomic E-state index is 11.8. The number of carbonyl (C=O) groups excluding carboxylic acids is 2. The molecule has 0 fully saturated rings. The first-order valence-corrected chi connectivity index (χ1v) is 6.72. The van der Waals surface area contributed by atoms with E-state index in [-0.39, 0.29) is 12.5 Å². The summed E-state index contributed by atoms with van der Waals surface area (Å²) in [5, 5.41) is 2.64. The number of benzene rings is 2. The van der Waals surface area contributed by atoms with Crippen molar-refractivity contribution in [2.24, 2.45) is 0 Å². The monoisotopic (exact) mass is 299 g/mol. The van der Waals surface area contributed by atoms with E-state index >= 15 is 0 Å². The van der Waals surface area contributed by atoms with Gasteiger partial charge in [0.1, 0.15) is 5.75 Å². The molecular formula is C16H17N3O3. The topological polar surface area (TPSA) is 79.5 Å². The summed E-state index contributed by atoms with van der Waals surface area (Å²) >= 11 is 0. The third kappa shape index (κ3) is 4.24. The highest BCUT2D eigenvalue weighted by atomic mass is 16.5. The number of nitrogens with one attached hydrogen (secondary N) is 3. The molecule has 0 heterocycles. The van der Waals surface area contributed by atoms with Crippen LogP contribution < -0.4 is 20.9 Å². The van der Waals surface area contributed by atoms with Crippen molar-refractivity contribution in [1.29, 1.82) is 0 Å². The summed E-state index contributed by atoms with van der Waals surface area (Å²) in [5.41, 5.74) is 5.94. The molecule has 3 N–H and O–H groups in total. The zero-order valence-corrected chi connectivity index (χ0v) is 12.1. The number of methoxy groups -OCH3 is 1. The minimum atomic E-state index is -0.504. The Kier molecular flexibility index (Phi) is 5.37. The van der Waals surface area contributed by atoms with E-state index in [0.29, 0.717) is 11.3 Å². The van der Waals surface area contributed by atoms with E-state index in [0.717, 1.165) is 5.56 Å². The molecule has 0 bridgehead atoms. The fraction of sp³-hybridized carbons (Fsp3) is 0.125. The molecule has 0 aliphatic heterocycles. The molecule has 6 heteroatoms. The van der Waals surface area contributed by atoms with Gasteiger partial charge in [0.15, 0.2) is 0 Å². The molecule has 0 aliphatic carbocycles. The van der Waals surface area contributed by atoms with Crippen molar-refractivity contribution < 1.29 is 14.3 Å². The van der Waals surface area contributed by atoms with Gasteiger partial charge in [-0.3, -0.25) is 10.2 Å². The van der Waals surface area contributed by atoms with Crippen LogP contribution in [0.5, 0.6) is 5.75 Å². The van der Waals surface area contributed by atoms with Crippen LogP contribution in [-0.4, -0.2) is 19.0 Å². The third-order valence-electron chi connectivity index (χ3n) is 2.96. The highest BCUT2D eigenvalue weighted by Gasteiger charge is 2.07. The van der Waals surface area contributed by atoms with E-state index in [1.165, 1.54) is 0 Å². The number of rotatable bonds is 4. The average molecular weight is 299 g/mol. The Bertz CT molecular complexity index is 644. The van der Waals surface area contributed by atoms with Crippen LogP contribution in [0, 0.1) is 0 Å². The number of carbonyl (C=O) groups is 2. The smallest absolute Gasteiger partial charge is 0.333 e. The second kappa shape index (κ2) is 7.68. The molecule has 2 aromatic carbocycles. The molecule has 0 radical (unpaired) electrons. The minimum Gasteiger partial charge on any atom is -0.496 e. The van der Waals surface area contributed by atoms with Gasteiger partial charge < -0.3 is 10.1 Å². The summed E-state index contributed by atoms with van der Waals surface area (Å²) in [6.07, 6.45) is 0. The summed E-state index contributed by atoms with van der Waals surface area (Å²) in [7, 11) is 1.57. The van der Waals surface area contributed by atoms with Gasteiger partial charge >= 0.3 is 6.03 Å². The van der Waals surface area contributed by atoms with Crippen LogP contribution in [0.2, 0.25) is 0 Å². The summed E-state index contributed by atoms with van der Waals surface area (Å²) in [6.45, 7) is 0.289. The Balaban J connectivity index is 1.80. The third-order valence-corrected chi connectivity index (χ3v) is 2.96. The molecule has 0 atom stereocenters. The summed E-state index contributed by atoms with van der Waals surface area (Å²) < 4.78 is 5.19. The lowest BCUT2D eigenvalue weighted by molar-refractivity contribution is 0.0936. The number of para-hydroxylation sites is 1. The second-order valence-electron chi connectivity index (χ2n) is 4.44. The first-order chi connectivity index (χ1) is 10.7. The van der Waals surface area contributed by atoms with E-state index in [1.807, 2.05) is 30.3 Å². The van der Waals surface area contributed by atoms with E-state index in [2.05, 4.69) is 16.2 Å². The van der Waals surface area contributed by atoms with Crippen LogP contribution >= 0.6 is 0 Å². The molecule has 0 saturated carbocycles. The molecule has 2 aromatic rings. The molecule has 22 heavy (non-hydrogen) atoms. The summed E-state index contributed by atoms with van der Waals surface area (Å²) in [5.74, 6) is 0.309.